The minimum Gasteiger partial charge on any atom is -0.508 e. The highest BCUT2D eigenvalue weighted by Gasteiger charge is 2.12. The van der Waals surface area contributed by atoms with Gasteiger partial charge in [-0.15, -0.1) is 0 Å². The van der Waals surface area contributed by atoms with Crippen molar-refractivity contribution < 1.29 is 14.3 Å². The molecule has 0 atom stereocenters. The van der Waals surface area contributed by atoms with Crippen molar-refractivity contribution in [2.45, 2.75) is 6.54 Å². The molecule has 2 aromatic carbocycles. The average molecular weight is 373 g/mol. The first-order chi connectivity index (χ1) is 12.4. The molecule has 6 nitrogen and oxygen atoms in total. The van der Waals surface area contributed by atoms with Gasteiger partial charge in [-0.1, -0.05) is 23.7 Å². The molecule has 0 aliphatic rings. The molecule has 2 N–H and O–H groups in total. The van der Waals surface area contributed by atoms with Gasteiger partial charge in [-0.25, -0.2) is 4.79 Å². The molecule has 3 aromatic rings. The van der Waals surface area contributed by atoms with Crippen molar-refractivity contribution in [3.8, 4) is 5.75 Å². The summed E-state index contributed by atoms with van der Waals surface area (Å²) < 4.78 is 5.11. The molecule has 0 unspecified atom stereocenters. The van der Waals surface area contributed by atoms with Gasteiger partial charge in [0.25, 0.3) is 0 Å². The van der Waals surface area contributed by atoms with Gasteiger partial charge in [0, 0.05) is 24.1 Å². The van der Waals surface area contributed by atoms with Crippen LogP contribution < -0.4 is 10.9 Å². The van der Waals surface area contributed by atoms with Crippen LogP contribution in [0.25, 0.3) is 11.0 Å². The van der Waals surface area contributed by atoms with Crippen LogP contribution in [0.4, 0.5) is 5.69 Å². The van der Waals surface area contributed by atoms with Gasteiger partial charge in [0.2, 0.25) is 5.91 Å². The first-order valence-corrected chi connectivity index (χ1v) is 8.29. The molecular weight excluding hydrogens is 356 g/mol. The molecule has 0 fully saturated rings. The molecule has 1 aromatic heterocycles. The molecule has 0 spiro atoms. The van der Waals surface area contributed by atoms with Crippen molar-refractivity contribution in [3.63, 3.8) is 0 Å². The van der Waals surface area contributed by atoms with E-state index >= 15 is 0 Å². The predicted molar refractivity (Wildman–Crippen MR) is 101 cm³/mol. The van der Waals surface area contributed by atoms with Gasteiger partial charge >= 0.3 is 5.63 Å². The van der Waals surface area contributed by atoms with Crippen molar-refractivity contribution >= 4 is 34.2 Å². The molecule has 0 saturated carbocycles. The molecular formula is C19H17ClN2O4. The summed E-state index contributed by atoms with van der Waals surface area (Å²) in [7, 11) is 1.77. The lowest BCUT2D eigenvalue weighted by Gasteiger charge is -2.17. The van der Waals surface area contributed by atoms with Crippen LogP contribution >= 0.6 is 11.6 Å². The highest BCUT2D eigenvalue weighted by atomic mass is 35.5. The average Bonchev–Trinajstić information content (AvgIpc) is 2.56. The summed E-state index contributed by atoms with van der Waals surface area (Å²) in [5.41, 5.74) is 1.06. The molecule has 0 aliphatic heterocycles. The van der Waals surface area contributed by atoms with Gasteiger partial charge in [0.1, 0.15) is 11.3 Å². The van der Waals surface area contributed by atoms with E-state index in [2.05, 4.69) is 5.32 Å². The third-order valence-corrected chi connectivity index (χ3v) is 4.15. The van der Waals surface area contributed by atoms with Crippen molar-refractivity contribution in [2.24, 2.45) is 0 Å². The number of para-hydroxylation sites is 1. The number of phenols is 1. The summed E-state index contributed by atoms with van der Waals surface area (Å²) in [6, 6.07) is 13.0. The van der Waals surface area contributed by atoms with E-state index in [1.165, 1.54) is 18.2 Å². The number of fused-ring (bicyclic) bond motifs is 1. The molecule has 1 heterocycles. The van der Waals surface area contributed by atoms with Gasteiger partial charge in [-0.2, -0.15) is 0 Å². The van der Waals surface area contributed by atoms with Gasteiger partial charge in [-0.05, 0) is 36.9 Å². The standard InChI is InChI=1S/C19H17ClN2O4/c1-22(11-18(24)21-16-5-3-2-4-15(16)20)10-12-8-19(25)26-17-9-13(23)6-7-14(12)17/h2-9,23H,10-11H2,1H3,(H,21,24). The molecule has 0 radical (unpaired) electrons. The Hall–Kier alpha value is -2.83. The maximum absolute atomic E-state index is 12.2. The van der Waals surface area contributed by atoms with Crippen LogP contribution in [0.3, 0.4) is 0 Å². The second-order valence-corrected chi connectivity index (χ2v) is 6.38. The van der Waals surface area contributed by atoms with Gasteiger partial charge in [-0.3, -0.25) is 9.69 Å². The Balaban J connectivity index is 1.73. The van der Waals surface area contributed by atoms with Gasteiger partial charge in [0.15, 0.2) is 0 Å². The number of phenolic OH excluding ortho intramolecular Hbond substituents is 1. The van der Waals surface area contributed by atoms with E-state index in [1.807, 2.05) is 0 Å². The minimum atomic E-state index is -0.507. The number of aromatic hydroxyl groups is 1. The number of rotatable bonds is 5. The molecule has 26 heavy (non-hydrogen) atoms. The van der Waals surface area contributed by atoms with Crippen molar-refractivity contribution in [1.29, 1.82) is 0 Å². The number of anilines is 1. The number of benzene rings is 2. The second kappa shape index (κ2) is 7.59. The third kappa shape index (κ3) is 4.22. The van der Waals surface area contributed by atoms with Crippen molar-refractivity contribution in [2.75, 3.05) is 18.9 Å². The number of nitrogens with zero attached hydrogens (tertiary/aromatic N) is 1. The predicted octanol–water partition coefficient (Wildman–Crippen LogP) is 3.22. The van der Waals surface area contributed by atoms with Crippen molar-refractivity contribution in [1.82, 2.24) is 4.90 Å². The molecule has 134 valence electrons. The lowest BCUT2D eigenvalue weighted by molar-refractivity contribution is -0.117. The summed E-state index contributed by atoms with van der Waals surface area (Å²) in [5, 5.41) is 13.5. The first kappa shape index (κ1) is 18.0. The lowest BCUT2D eigenvalue weighted by Crippen LogP contribution is -2.30. The van der Waals surface area contributed by atoms with E-state index in [9.17, 15) is 14.7 Å². The zero-order chi connectivity index (χ0) is 18.7. The molecule has 7 heteroatoms. The molecule has 1 amide bonds. The maximum Gasteiger partial charge on any atom is 0.336 e. The largest absolute Gasteiger partial charge is 0.508 e. The minimum absolute atomic E-state index is 0.0188. The van der Waals surface area contributed by atoms with Crippen LogP contribution in [0.2, 0.25) is 5.02 Å². The number of carbonyl (C=O) groups is 1. The Morgan fingerprint density at radius 2 is 2.00 bits per heavy atom. The van der Waals surface area contributed by atoms with E-state index in [0.717, 1.165) is 0 Å². The third-order valence-electron chi connectivity index (χ3n) is 3.82. The van der Waals surface area contributed by atoms with Crippen LogP contribution in [-0.2, 0) is 11.3 Å². The van der Waals surface area contributed by atoms with Crippen LogP contribution in [0.15, 0.2) is 57.7 Å². The first-order valence-electron chi connectivity index (χ1n) is 7.91. The number of amides is 1. The summed E-state index contributed by atoms with van der Waals surface area (Å²) in [4.78, 5) is 25.7. The molecule has 3 rings (SSSR count). The van der Waals surface area contributed by atoms with Crippen LogP contribution in [-0.4, -0.2) is 29.5 Å². The number of nitrogens with one attached hydrogen (secondary N) is 1. The summed E-state index contributed by atoms with van der Waals surface area (Å²) in [6.45, 7) is 0.480. The van der Waals surface area contributed by atoms with Gasteiger partial charge in [0.05, 0.1) is 17.3 Å². The number of hydrogen-bond donors (Lipinski definition) is 2. The van der Waals surface area contributed by atoms with E-state index < -0.39 is 5.63 Å². The number of halogens is 1. The van der Waals surface area contributed by atoms with Gasteiger partial charge < -0.3 is 14.8 Å². The number of hydrogen-bond acceptors (Lipinski definition) is 5. The van der Waals surface area contributed by atoms with Crippen molar-refractivity contribution in [3.05, 3.63) is 69.5 Å². The smallest absolute Gasteiger partial charge is 0.336 e. The monoisotopic (exact) mass is 372 g/mol. The second-order valence-electron chi connectivity index (χ2n) is 5.97. The van der Waals surface area contributed by atoms with E-state index in [-0.39, 0.29) is 18.2 Å². The Morgan fingerprint density at radius 1 is 1.23 bits per heavy atom. The Labute approximate surface area is 154 Å². The zero-order valence-corrected chi connectivity index (χ0v) is 14.8. The topological polar surface area (TPSA) is 82.8 Å². The fraction of sp³-hybridized carbons (Fsp3) is 0.158. The summed E-state index contributed by atoms with van der Waals surface area (Å²) in [5.74, 6) is -0.198. The summed E-state index contributed by atoms with van der Waals surface area (Å²) in [6.07, 6.45) is 0. The van der Waals surface area contributed by atoms with Crippen LogP contribution in [0.1, 0.15) is 5.56 Å². The highest BCUT2D eigenvalue weighted by Crippen LogP contribution is 2.23. The Morgan fingerprint density at radius 3 is 2.77 bits per heavy atom. The normalized spacial score (nSPS) is 11.0. The molecule has 0 bridgehead atoms. The fourth-order valence-corrected chi connectivity index (χ4v) is 2.88. The zero-order valence-electron chi connectivity index (χ0n) is 14.0. The maximum atomic E-state index is 12.2. The summed E-state index contributed by atoms with van der Waals surface area (Å²) >= 11 is 6.04. The van der Waals surface area contributed by atoms with Crippen LogP contribution in [0.5, 0.6) is 5.75 Å². The molecule has 0 saturated heterocycles. The van der Waals surface area contributed by atoms with Crippen LogP contribution in [0, 0.1) is 0 Å². The van der Waals surface area contributed by atoms with E-state index in [4.69, 9.17) is 16.0 Å². The van der Waals surface area contributed by atoms with E-state index in [1.54, 1.807) is 42.3 Å². The number of likely N-dealkylation sites (N-methyl/N-ethyl adjacent to an activating group) is 1. The lowest BCUT2D eigenvalue weighted by atomic mass is 10.1. The Bertz CT molecular complexity index is 1020. The quantitative estimate of drug-likeness (QED) is 0.672. The molecule has 0 aliphatic carbocycles. The fourth-order valence-electron chi connectivity index (χ4n) is 2.69. The highest BCUT2D eigenvalue weighted by molar-refractivity contribution is 6.33. The SMILES string of the molecule is CN(CC(=O)Nc1ccccc1Cl)Cc1cc(=O)oc2cc(O)ccc12. The van der Waals surface area contributed by atoms with E-state index in [0.29, 0.717) is 33.8 Å². The Kier molecular flexibility index (Phi) is 5.25. The number of carbonyl (C=O) groups excluding carboxylic acids is 1.